The summed E-state index contributed by atoms with van der Waals surface area (Å²) >= 11 is 0. The van der Waals surface area contributed by atoms with E-state index in [1.54, 1.807) is 12.3 Å². The fourth-order valence-electron chi connectivity index (χ4n) is 4.86. The highest BCUT2D eigenvalue weighted by atomic mass is 16.5. The van der Waals surface area contributed by atoms with Crippen molar-refractivity contribution in [1.29, 1.82) is 0 Å². The summed E-state index contributed by atoms with van der Waals surface area (Å²) in [6, 6.07) is 6.15. The summed E-state index contributed by atoms with van der Waals surface area (Å²) in [5, 5.41) is 7.44. The van der Waals surface area contributed by atoms with Gasteiger partial charge in [0.05, 0.1) is 36.3 Å². The highest BCUT2D eigenvalue weighted by Crippen LogP contribution is 2.34. The molecule has 1 fully saturated rings. The van der Waals surface area contributed by atoms with E-state index in [4.69, 9.17) is 9.47 Å². The number of nitrogens with one attached hydrogen (secondary N) is 1. The normalized spacial score (nSPS) is 21.6. The summed E-state index contributed by atoms with van der Waals surface area (Å²) in [4.78, 5) is 22.4. The van der Waals surface area contributed by atoms with E-state index in [1.807, 2.05) is 23.0 Å². The third-order valence-electron chi connectivity index (χ3n) is 6.53. The molecule has 33 heavy (non-hydrogen) atoms. The van der Waals surface area contributed by atoms with Crippen LogP contribution >= 0.6 is 0 Å². The smallest absolute Gasteiger partial charge is 0.263 e. The van der Waals surface area contributed by atoms with Crippen LogP contribution in [-0.2, 0) is 11.2 Å². The topological polar surface area (TPSA) is 96.1 Å². The molecule has 2 aliphatic rings. The first-order valence-electron chi connectivity index (χ1n) is 11.5. The van der Waals surface area contributed by atoms with Crippen molar-refractivity contribution in [2.24, 2.45) is 0 Å². The van der Waals surface area contributed by atoms with Crippen molar-refractivity contribution in [3.63, 3.8) is 0 Å². The van der Waals surface area contributed by atoms with Crippen LogP contribution in [-0.4, -0.2) is 49.5 Å². The molecule has 5 rings (SSSR count). The number of rotatable bonds is 5. The second-order valence-electron chi connectivity index (χ2n) is 9.47. The van der Waals surface area contributed by atoms with Gasteiger partial charge in [0, 0.05) is 25.3 Å². The second kappa shape index (κ2) is 8.30. The Morgan fingerprint density at radius 3 is 2.94 bits per heavy atom. The maximum absolute atomic E-state index is 13.1. The molecule has 9 nitrogen and oxygen atoms in total. The molecule has 0 saturated carbocycles. The number of amides is 1. The average Bonchev–Trinajstić information content (AvgIpc) is 3.49. The Morgan fingerprint density at radius 1 is 1.30 bits per heavy atom. The molecule has 0 radical (unpaired) electrons. The van der Waals surface area contributed by atoms with Gasteiger partial charge >= 0.3 is 0 Å². The highest BCUT2D eigenvalue weighted by Gasteiger charge is 2.32. The Balaban J connectivity index is 1.37. The number of ether oxygens (including phenoxy) is 2. The second-order valence-corrected chi connectivity index (χ2v) is 9.47. The number of anilines is 1. The first kappa shape index (κ1) is 21.6. The molecule has 1 amide bonds. The van der Waals surface area contributed by atoms with Crippen LogP contribution < -0.4 is 10.1 Å². The van der Waals surface area contributed by atoms with Crippen LogP contribution in [0, 0.1) is 0 Å². The largest absolute Gasteiger partial charge is 0.479 e. The maximum Gasteiger partial charge on any atom is 0.263 e. The SMILES string of the molecule is COc1nn(C2CCOC(C)(C)C2)cc1C(=O)Nc1cccc(-c2cnc3n2C(C)CC3)n1. The fourth-order valence-corrected chi connectivity index (χ4v) is 4.86. The van der Waals surface area contributed by atoms with Gasteiger partial charge in [0.2, 0.25) is 5.88 Å². The molecule has 0 aliphatic carbocycles. The standard InChI is InChI=1S/C24H30N6O3/c1-15-8-9-21-25-13-19(30(15)21)18-6-5-7-20(26-18)27-22(31)17-14-29(28-23(17)32-4)16-10-11-33-24(2,3)12-16/h5-7,13-16H,8-12H2,1-4H3,(H,26,27,31). The van der Waals surface area contributed by atoms with Crippen LogP contribution in [0.5, 0.6) is 5.88 Å². The van der Waals surface area contributed by atoms with Crippen LogP contribution in [0.4, 0.5) is 5.82 Å². The van der Waals surface area contributed by atoms with Gasteiger partial charge in [0.1, 0.15) is 17.2 Å². The molecule has 1 N–H and O–H groups in total. The van der Waals surface area contributed by atoms with Gasteiger partial charge in [-0.25, -0.2) is 9.97 Å². The van der Waals surface area contributed by atoms with Crippen molar-refractivity contribution in [3.05, 3.63) is 42.0 Å². The Labute approximate surface area is 193 Å². The van der Waals surface area contributed by atoms with Crippen molar-refractivity contribution in [2.45, 2.75) is 64.1 Å². The van der Waals surface area contributed by atoms with Crippen LogP contribution in [0.25, 0.3) is 11.4 Å². The number of imidazole rings is 1. The number of fused-ring (bicyclic) bond motifs is 1. The number of carbonyl (C=O) groups is 1. The Morgan fingerprint density at radius 2 is 2.15 bits per heavy atom. The van der Waals surface area contributed by atoms with E-state index >= 15 is 0 Å². The van der Waals surface area contributed by atoms with E-state index in [1.165, 1.54) is 7.11 Å². The Kier molecular flexibility index (Phi) is 5.44. The minimum Gasteiger partial charge on any atom is -0.479 e. The number of pyridine rings is 1. The lowest BCUT2D eigenvalue weighted by molar-refractivity contribution is -0.0709. The van der Waals surface area contributed by atoms with E-state index in [-0.39, 0.29) is 17.6 Å². The molecule has 3 aromatic heterocycles. The predicted molar refractivity (Wildman–Crippen MR) is 124 cm³/mol. The zero-order valence-electron chi connectivity index (χ0n) is 19.5. The first-order chi connectivity index (χ1) is 15.8. The van der Waals surface area contributed by atoms with E-state index in [9.17, 15) is 4.79 Å². The molecule has 0 aromatic carbocycles. The van der Waals surface area contributed by atoms with Crippen LogP contribution in [0.15, 0.2) is 30.6 Å². The van der Waals surface area contributed by atoms with Gasteiger partial charge in [-0.3, -0.25) is 9.48 Å². The van der Waals surface area contributed by atoms with E-state index in [0.29, 0.717) is 29.9 Å². The monoisotopic (exact) mass is 450 g/mol. The third kappa shape index (κ3) is 4.13. The van der Waals surface area contributed by atoms with Crippen molar-refractivity contribution in [2.75, 3.05) is 19.0 Å². The molecule has 174 valence electrons. The molecule has 2 unspecified atom stereocenters. The number of hydrogen-bond acceptors (Lipinski definition) is 6. The van der Waals surface area contributed by atoms with Crippen molar-refractivity contribution < 1.29 is 14.3 Å². The molecular formula is C24H30N6O3. The molecule has 3 aromatic rings. The minimum atomic E-state index is -0.305. The van der Waals surface area contributed by atoms with E-state index in [0.717, 1.165) is 42.9 Å². The summed E-state index contributed by atoms with van der Waals surface area (Å²) in [6.07, 6.45) is 7.34. The molecule has 5 heterocycles. The highest BCUT2D eigenvalue weighted by molar-refractivity contribution is 6.05. The minimum absolute atomic E-state index is 0.150. The van der Waals surface area contributed by atoms with Crippen LogP contribution in [0.1, 0.15) is 68.3 Å². The lowest BCUT2D eigenvalue weighted by atomic mass is 9.94. The Hall–Kier alpha value is -3.20. The van der Waals surface area contributed by atoms with Gasteiger partial charge in [-0.2, -0.15) is 0 Å². The third-order valence-corrected chi connectivity index (χ3v) is 6.53. The summed E-state index contributed by atoms with van der Waals surface area (Å²) in [6.45, 7) is 7.00. The van der Waals surface area contributed by atoms with Gasteiger partial charge in [-0.15, -0.1) is 5.10 Å². The number of carbonyl (C=O) groups excluding carboxylic acids is 1. The number of aryl methyl sites for hydroxylation is 1. The number of aromatic nitrogens is 5. The first-order valence-corrected chi connectivity index (χ1v) is 11.5. The van der Waals surface area contributed by atoms with E-state index < -0.39 is 0 Å². The molecule has 9 heteroatoms. The van der Waals surface area contributed by atoms with Gasteiger partial charge in [0.15, 0.2) is 0 Å². The summed E-state index contributed by atoms with van der Waals surface area (Å²) < 4.78 is 15.3. The molecule has 2 atom stereocenters. The zero-order chi connectivity index (χ0) is 23.2. The van der Waals surface area contributed by atoms with Crippen LogP contribution in [0.3, 0.4) is 0 Å². The number of nitrogens with zero attached hydrogens (tertiary/aromatic N) is 5. The quantitative estimate of drug-likeness (QED) is 0.630. The average molecular weight is 451 g/mol. The lowest BCUT2D eigenvalue weighted by Gasteiger charge is -2.35. The summed E-state index contributed by atoms with van der Waals surface area (Å²) in [5.74, 6) is 1.55. The van der Waals surface area contributed by atoms with Gasteiger partial charge in [0.25, 0.3) is 5.91 Å². The molecule has 0 spiro atoms. The maximum atomic E-state index is 13.1. The van der Waals surface area contributed by atoms with Crippen LogP contribution in [0.2, 0.25) is 0 Å². The van der Waals surface area contributed by atoms with Crippen molar-refractivity contribution in [1.82, 2.24) is 24.3 Å². The number of hydrogen-bond donors (Lipinski definition) is 1. The molecule has 1 saturated heterocycles. The van der Waals surface area contributed by atoms with E-state index in [2.05, 4.69) is 45.7 Å². The lowest BCUT2D eigenvalue weighted by Crippen LogP contribution is -2.35. The van der Waals surface area contributed by atoms with Gasteiger partial charge in [-0.1, -0.05) is 6.07 Å². The number of methoxy groups -OCH3 is 1. The predicted octanol–water partition coefficient (Wildman–Crippen LogP) is 4.04. The van der Waals surface area contributed by atoms with Crippen molar-refractivity contribution >= 4 is 11.7 Å². The van der Waals surface area contributed by atoms with Crippen molar-refractivity contribution in [3.8, 4) is 17.3 Å². The van der Waals surface area contributed by atoms with Gasteiger partial charge < -0.3 is 19.4 Å². The van der Waals surface area contributed by atoms with Gasteiger partial charge in [-0.05, 0) is 52.2 Å². The molecular weight excluding hydrogens is 420 g/mol. The fraction of sp³-hybridized carbons (Fsp3) is 0.500. The summed E-state index contributed by atoms with van der Waals surface area (Å²) in [5.41, 5.74) is 1.92. The molecule has 2 aliphatic heterocycles. The molecule has 0 bridgehead atoms. The summed E-state index contributed by atoms with van der Waals surface area (Å²) in [7, 11) is 1.53. The Bertz CT molecular complexity index is 1180. The zero-order valence-corrected chi connectivity index (χ0v) is 19.5.